The lowest BCUT2D eigenvalue weighted by molar-refractivity contribution is 0.0616. The Kier molecular flexibility index (Phi) is 8.02. The van der Waals surface area contributed by atoms with Crippen LogP contribution in [0.2, 0.25) is 0 Å². The van der Waals surface area contributed by atoms with Gasteiger partial charge in [0.15, 0.2) is 5.82 Å². The molecule has 0 atom stereocenters. The van der Waals surface area contributed by atoms with E-state index in [4.69, 9.17) is 19.0 Å². The lowest BCUT2D eigenvalue weighted by atomic mass is 9.68. The number of rotatable bonds is 9. The number of carbonyl (C=O) groups excluding carboxylic acids is 1. The Balaban J connectivity index is 1.23. The molecule has 1 aromatic heterocycles. The predicted molar refractivity (Wildman–Crippen MR) is 144 cm³/mol. The van der Waals surface area contributed by atoms with Crippen molar-refractivity contribution >= 4 is 6.09 Å². The molecule has 1 amide bonds. The van der Waals surface area contributed by atoms with Gasteiger partial charge in [0.25, 0.3) is 0 Å². The number of methoxy groups -OCH3 is 1. The average Bonchev–Trinajstić information content (AvgIpc) is 3.43. The van der Waals surface area contributed by atoms with Crippen molar-refractivity contribution in [3.8, 4) is 5.75 Å². The van der Waals surface area contributed by atoms with Crippen molar-refractivity contribution in [2.75, 3.05) is 13.7 Å². The van der Waals surface area contributed by atoms with Crippen LogP contribution in [0.15, 0.2) is 89.5 Å². The number of carbonyl (C=O) groups is 1. The Labute approximate surface area is 223 Å². The first kappa shape index (κ1) is 25.5. The van der Waals surface area contributed by atoms with Crippen molar-refractivity contribution in [3.05, 3.63) is 113 Å². The van der Waals surface area contributed by atoms with Gasteiger partial charge < -0.3 is 19.3 Å². The Bertz CT molecular complexity index is 1320. The highest BCUT2D eigenvalue weighted by atomic mass is 16.6. The van der Waals surface area contributed by atoms with Gasteiger partial charge in [0, 0.05) is 6.54 Å². The van der Waals surface area contributed by atoms with E-state index in [0.717, 1.165) is 49.0 Å². The monoisotopic (exact) mass is 511 g/mol. The molecule has 1 aliphatic carbocycles. The van der Waals surface area contributed by atoms with Crippen LogP contribution in [-0.2, 0) is 23.0 Å². The Morgan fingerprint density at radius 3 is 2.42 bits per heavy atom. The lowest BCUT2D eigenvalue weighted by Crippen LogP contribution is -2.39. The van der Waals surface area contributed by atoms with Gasteiger partial charge in [-0.25, -0.2) is 4.79 Å². The first-order chi connectivity index (χ1) is 18.6. The zero-order valence-electron chi connectivity index (χ0n) is 21.6. The number of ether oxygens (including phenoxy) is 2. The molecule has 7 nitrogen and oxygen atoms in total. The molecule has 1 fully saturated rings. The summed E-state index contributed by atoms with van der Waals surface area (Å²) in [7, 11) is 1.65. The molecule has 0 spiro atoms. The number of hydrogen-bond donors (Lipinski definition) is 1. The van der Waals surface area contributed by atoms with Crippen LogP contribution in [-0.4, -0.2) is 36.0 Å². The number of aromatic nitrogens is 2. The molecule has 1 N–H and O–H groups in total. The fourth-order valence-electron chi connectivity index (χ4n) is 5.23. The van der Waals surface area contributed by atoms with Crippen LogP contribution in [0.3, 0.4) is 0 Å². The van der Waals surface area contributed by atoms with Crippen LogP contribution in [0.5, 0.6) is 5.75 Å². The highest BCUT2D eigenvalue weighted by Gasteiger charge is 2.43. The third-order valence-electron chi connectivity index (χ3n) is 7.30. The van der Waals surface area contributed by atoms with E-state index in [2.05, 4.69) is 34.7 Å². The summed E-state index contributed by atoms with van der Waals surface area (Å²) in [6, 6.07) is 28.3. The first-order valence-electron chi connectivity index (χ1n) is 13.1. The molecule has 0 saturated heterocycles. The van der Waals surface area contributed by atoms with Gasteiger partial charge in [0.1, 0.15) is 11.9 Å². The molecule has 5 rings (SSSR count). The topological polar surface area (TPSA) is 86.5 Å². The standard InChI is InChI=1S/C31H33N3O4/c1-36-27-14-8-11-24(21-27)22-28-33-29(34-38-28)31(25-12-6-3-7-13-25)18-15-26(16-19-31)37-30(35)32-20-17-23-9-4-2-5-10-23/h2-14,21,26H,15-20,22H2,1H3,(H,32,35). The minimum Gasteiger partial charge on any atom is -0.497 e. The van der Waals surface area contributed by atoms with Gasteiger partial charge in [-0.15, -0.1) is 0 Å². The number of nitrogens with zero attached hydrogens (tertiary/aromatic N) is 2. The minimum absolute atomic E-state index is 0.147. The summed E-state index contributed by atoms with van der Waals surface area (Å²) < 4.78 is 16.8. The number of alkyl carbamates (subject to hydrolysis) is 1. The smallest absolute Gasteiger partial charge is 0.407 e. The molecule has 4 aromatic rings. The van der Waals surface area contributed by atoms with Crippen LogP contribution >= 0.6 is 0 Å². The zero-order chi connectivity index (χ0) is 26.2. The molecule has 0 unspecified atom stereocenters. The van der Waals surface area contributed by atoms with E-state index in [0.29, 0.717) is 24.7 Å². The Morgan fingerprint density at radius 1 is 0.974 bits per heavy atom. The zero-order valence-corrected chi connectivity index (χ0v) is 21.6. The third-order valence-corrected chi connectivity index (χ3v) is 7.30. The van der Waals surface area contributed by atoms with E-state index in [9.17, 15) is 4.79 Å². The largest absolute Gasteiger partial charge is 0.497 e. The van der Waals surface area contributed by atoms with Crippen molar-refractivity contribution in [1.82, 2.24) is 15.5 Å². The minimum atomic E-state index is -0.388. The molecule has 196 valence electrons. The van der Waals surface area contributed by atoms with E-state index in [1.807, 2.05) is 60.7 Å². The lowest BCUT2D eigenvalue weighted by Gasteiger charge is -2.38. The van der Waals surface area contributed by atoms with Crippen LogP contribution < -0.4 is 10.1 Å². The molecule has 1 heterocycles. The molecule has 0 aliphatic heterocycles. The van der Waals surface area contributed by atoms with Gasteiger partial charge in [0.2, 0.25) is 5.89 Å². The average molecular weight is 512 g/mol. The maximum Gasteiger partial charge on any atom is 0.407 e. The summed E-state index contributed by atoms with van der Waals surface area (Å²) in [5.74, 6) is 2.05. The fourth-order valence-corrected chi connectivity index (χ4v) is 5.23. The fraction of sp³-hybridized carbons (Fsp3) is 0.323. The summed E-state index contributed by atoms with van der Waals surface area (Å²) in [4.78, 5) is 17.3. The normalized spacial score (nSPS) is 19.0. The number of hydrogen-bond acceptors (Lipinski definition) is 6. The second-order valence-corrected chi connectivity index (χ2v) is 9.76. The quantitative estimate of drug-likeness (QED) is 0.303. The van der Waals surface area contributed by atoms with Crippen LogP contribution in [0.1, 0.15) is 54.1 Å². The summed E-state index contributed by atoms with van der Waals surface area (Å²) in [5, 5.41) is 7.33. The van der Waals surface area contributed by atoms with Gasteiger partial charge >= 0.3 is 6.09 Å². The number of benzene rings is 3. The van der Waals surface area contributed by atoms with Crippen LogP contribution in [0, 0.1) is 0 Å². The van der Waals surface area contributed by atoms with Crippen molar-refractivity contribution in [2.45, 2.75) is 50.0 Å². The molecule has 7 heteroatoms. The first-order valence-corrected chi connectivity index (χ1v) is 13.1. The van der Waals surface area contributed by atoms with E-state index in [1.54, 1.807) is 7.11 Å². The summed E-state index contributed by atoms with van der Waals surface area (Å²) >= 11 is 0. The summed E-state index contributed by atoms with van der Waals surface area (Å²) in [6.07, 6.45) is 3.76. The van der Waals surface area contributed by atoms with Crippen molar-refractivity contribution in [1.29, 1.82) is 0 Å². The molecular formula is C31H33N3O4. The molecule has 1 saturated carbocycles. The Hall–Kier alpha value is -4.13. The van der Waals surface area contributed by atoms with Gasteiger partial charge in [-0.3, -0.25) is 0 Å². The highest BCUT2D eigenvalue weighted by Crippen LogP contribution is 2.44. The summed E-state index contributed by atoms with van der Waals surface area (Å²) in [6.45, 7) is 0.544. The van der Waals surface area contributed by atoms with E-state index >= 15 is 0 Å². The van der Waals surface area contributed by atoms with Gasteiger partial charge in [0.05, 0.1) is 18.9 Å². The van der Waals surface area contributed by atoms with Crippen molar-refractivity contribution in [2.24, 2.45) is 0 Å². The van der Waals surface area contributed by atoms with Crippen LogP contribution in [0.4, 0.5) is 4.79 Å². The molecule has 3 aromatic carbocycles. The molecular weight excluding hydrogens is 478 g/mol. The molecule has 0 radical (unpaired) electrons. The third kappa shape index (κ3) is 6.05. The van der Waals surface area contributed by atoms with Gasteiger partial charge in [-0.05, 0) is 60.9 Å². The highest BCUT2D eigenvalue weighted by molar-refractivity contribution is 5.67. The number of amides is 1. The van der Waals surface area contributed by atoms with Gasteiger partial charge in [-0.2, -0.15) is 4.98 Å². The predicted octanol–water partition coefficient (Wildman–Crippen LogP) is 5.87. The maximum absolute atomic E-state index is 12.4. The second-order valence-electron chi connectivity index (χ2n) is 9.76. The summed E-state index contributed by atoms with van der Waals surface area (Å²) in [5.41, 5.74) is 2.99. The van der Waals surface area contributed by atoms with E-state index < -0.39 is 0 Å². The van der Waals surface area contributed by atoms with E-state index in [-0.39, 0.29) is 17.6 Å². The Morgan fingerprint density at radius 2 is 1.68 bits per heavy atom. The van der Waals surface area contributed by atoms with Crippen molar-refractivity contribution < 1.29 is 18.8 Å². The SMILES string of the molecule is COc1cccc(Cc2nc(C3(c4ccccc4)CCC(OC(=O)NCCc4ccccc4)CC3)no2)c1. The maximum atomic E-state index is 12.4. The number of nitrogens with one attached hydrogen (secondary N) is 1. The molecule has 0 bridgehead atoms. The van der Waals surface area contributed by atoms with E-state index in [1.165, 1.54) is 5.56 Å². The van der Waals surface area contributed by atoms with Crippen LogP contribution in [0.25, 0.3) is 0 Å². The molecule has 38 heavy (non-hydrogen) atoms. The van der Waals surface area contributed by atoms with Crippen molar-refractivity contribution in [3.63, 3.8) is 0 Å². The molecule has 1 aliphatic rings. The van der Waals surface area contributed by atoms with Gasteiger partial charge in [-0.1, -0.05) is 78.0 Å². The second kappa shape index (κ2) is 11.9.